The van der Waals surface area contributed by atoms with Gasteiger partial charge in [0.15, 0.2) is 5.78 Å². The minimum absolute atomic E-state index is 0.0322. The van der Waals surface area contributed by atoms with E-state index in [1.165, 1.54) is 31.5 Å². The third-order valence-electron chi connectivity index (χ3n) is 3.16. The van der Waals surface area contributed by atoms with Gasteiger partial charge in [0, 0.05) is 27.8 Å². The van der Waals surface area contributed by atoms with Gasteiger partial charge in [0.2, 0.25) is 0 Å². The van der Waals surface area contributed by atoms with Crippen LogP contribution in [0.4, 0.5) is 4.39 Å². The second-order valence-electron chi connectivity index (χ2n) is 4.43. The van der Waals surface area contributed by atoms with E-state index in [0.717, 1.165) is 4.47 Å². The van der Waals surface area contributed by atoms with Crippen molar-refractivity contribution in [3.05, 3.63) is 58.1 Å². The molecule has 0 fully saturated rings. The van der Waals surface area contributed by atoms with Crippen molar-refractivity contribution in [2.75, 3.05) is 7.11 Å². The lowest BCUT2D eigenvalue weighted by Gasteiger charge is -2.05. The highest BCUT2D eigenvalue weighted by atomic mass is 79.9. The highest BCUT2D eigenvalue weighted by Gasteiger charge is 2.19. The zero-order valence-corrected chi connectivity index (χ0v) is 12.6. The minimum atomic E-state index is -0.585. The van der Waals surface area contributed by atoms with Crippen molar-refractivity contribution in [2.45, 2.75) is 0 Å². The predicted molar refractivity (Wildman–Crippen MR) is 80.2 cm³/mol. The average molecular weight is 349 g/mol. The Bertz CT molecular complexity index is 845. The Morgan fingerprint density at radius 1 is 1.33 bits per heavy atom. The topological polar surface area (TPSA) is 55.0 Å². The van der Waals surface area contributed by atoms with Crippen molar-refractivity contribution in [1.82, 2.24) is 9.97 Å². The Morgan fingerprint density at radius 3 is 2.90 bits per heavy atom. The van der Waals surface area contributed by atoms with Gasteiger partial charge >= 0.3 is 0 Å². The summed E-state index contributed by atoms with van der Waals surface area (Å²) in [4.78, 5) is 19.6. The van der Waals surface area contributed by atoms with Gasteiger partial charge in [0.25, 0.3) is 0 Å². The number of aromatic amines is 1. The molecular weight excluding hydrogens is 339 g/mol. The molecule has 2 heterocycles. The number of benzene rings is 1. The molecule has 0 spiro atoms. The van der Waals surface area contributed by atoms with Crippen LogP contribution in [0.5, 0.6) is 5.75 Å². The summed E-state index contributed by atoms with van der Waals surface area (Å²) in [6, 6.07) is 5.85. The van der Waals surface area contributed by atoms with Gasteiger partial charge < -0.3 is 9.72 Å². The van der Waals surface area contributed by atoms with Crippen LogP contribution >= 0.6 is 15.9 Å². The first-order valence-electron chi connectivity index (χ1n) is 6.11. The maximum atomic E-state index is 13.9. The van der Waals surface area contributed by atoms with E-state index >= 15 is 0 Å². The van der Waals surface area contributed by atoms with Gasteiger partial charge in [-0.1, -0.05) is 0 Å². The molecule has 0 unspecified atom stereocenters. The molecule has 0 amide bonds. The first-order valence-corrected chi connectivity index (χ1v) is 6.90. The van der Waals surface area contributed by atoms with E-state index < -0.39 is 11.6 Å². The molecule has 6 heteroatoms. The van der Waals surface area contributed by atoms with E-state index in [1.807, 2.05) is 0 Å². The Morgan fingerprint density at radius 2 is 2.14 bits per heavy atom. The first-order chi connectivity index (χ1) is 10.1. The SMILES string of the molecule is COc1ccc(F)c(C(=O)c2c[nH]c3ncc(Br)cc23)c1. The number of pyridine rings is 1. The van der Waals surface area contributed by atoms with Crippen LogP contribution in [-0.4, -0.2) is 22.9 Å². The monoisotopic (exact) mass is 348 g/mol. The van der Waals surface area contributed by atoms with E-state index in [9.17, 15) is 9.18 Å². The third-order valence-corrected chi connectivity index (χ3v) is 3.59. The van der Waals surface area contributed by atoms with Gasteiger partial charge in [-0.2, -0.15) is 0 Å². The van der Waals surface area contributed by atoms with E-state index in [1.54, 1.807) is 12.3 Å². The van der Waals surface area contributed by atoms with Gasteiger partial charge in [0.1, 0.15) is 17.2 Å². The van der Waals surface area contributed by atoms with Crippen molar-refractivity contribution in [2.24, 2.45) is 0 Å². The normalized spacial score (nSPS) is 10.8. The maximum Gasteiger partial charge on any atom is 0.198 e. The van der Waals surface area contributed by atoms with Crippen LogP contribution in [0, 0.1) is 5.82 Å². The van der Waals surface area contributed by atoms with E-state index in [2.05, 4.69) is 25.9 Å². The summed E-state index contributed by atoms with van der Waals surface area (Å²) >= 11 is 3.31. The molecule has 21 heavy (non-hydrogen) atoms. The Labute approximate surface area is 128 Å². The fourth-order valence-corrected chi connectivity index (χ4v) is 2.45. The zero-order valence-electron chi connectivity index (χ0n) is 11.0. The van der Waals surface area contributed by atoms with Gasteiger partial charge in [-0.25, -0.2) is 9.37 Å². The number of ketones is 1. The molecule has 1 N–H and O–H groups in total. The molecule has 0 aliphatic carbocycles. The number of hydrogen-bond donors (Lipinski definition) is 1. The average Bonchev–Trinajstić information content (AvgIpc) is 2.90. The molecule has 3 rings (SSSR count). The minimum Gasteiger partial charge on any atom is -0.497 e. The fraction of sp³-hybridized carbons (Fsp3) is 0.0667. The molecule has 106 valence electrons. The summed E-state index contributed by atoms with van der Waals surface area (Å²) in [6.07, 6.45) is 3.16. The lowest BCUT2D eigenvalue weighted by Crippen LogP contribution is -2.04. The summed E-state index contributed by atoms with van der Waals surface area (Å²) in [5, 5.41) is 0.636. The number of ether oxygens (including phenoxy) is 1. The Hall–Kier alpha value is -2.21. The lowest BCUT2D eigenvalue weighted by molar-refractivity contribution is 0.103. The largest absolute Gasteiger partial charge is 0.497 e. The standard InChI is InChI=1S/C15H10BrFN2O2/c1-21-9-2-3-13(17)11(5-9)14(20)12-7-19-15-10(12)4-8(16)6-18-15/h2-7H,1H3,(H,18,19). The van der Waals surface area contributed by atoms with Gasteiger partial charge in [0.05, 0.1) is 12.7 Å². The molecule has 3 aromatic rings. The smallest absolute Gasteiger partial charge is 0.198 e. The fourth-order valence-electron chi connectivity index (χ4n) is 2.12. The molecule has 0 aliphatic heterocycles. The number of fused-ring (bicyclic) bond motifs is 1. The summed E-state index contributed by atoms with van der Waals surface area (Å²) < 4.78 is 19.7. The number of hydrogen-bond acceptors (Lipinski definition) is 3. The predicted octanol–water partition coefficient (Wildman–Crippen LogP) is 3.70. The summed E-state index contributed by atoms with van der Waals surface area (Å²) in [7, 11) is 1.47. The first kappa shape index (κ1) is 13.8. The Balaban J connectivity index is 2.14. The van der Waals surface area contributed by atoms with Gasteiger partial charge in [-0.3, -0.25) is 4.79 Å². The van der Waals surface area contributed by atoms with Crippen LogP contribution in [0.15, 0.2) is 41.1 Å². The lowest BCUT2D eigenvalue weighted by atomic mass is 10.0. The second kappa shape index (κ2) is 5.29. The van der Waals surface area contributed by atoms with Crippen LogP contribution in [0.2, 0.25) is 0 Å². The molecular formula is C15H10BrFN2O2. The zero-order chi connectivity index (χ0) is 15.0. The summed E-state index contributed by atoms with van der Waals surface area (Å²) in [6.45, 7) is 0. The maximum absolute atomic E-state index is 13.9. The molecule has 2 aromatic heterocycles. The van der Waals surface area contributed by atoms with Crippen LogP contribution in [0.1, 0.15) is 15.9 Å². The molecule has 0 saturated heterocycles. The van der Waals surface area contributed by atoms with Crippen molar-refractivity contribution in [3.63, 3.8) is 0 Å². The van der Waals surface area contributed by atoms with Crippen LogP contribution < -0.4 is 4.74 Å². The van der Waals surface area contributed by atoms with Gasteiger partial charge in [-0.05, 0) is 40.2 Å². The molecule has 1 aromatic carbocycles. The van der Waals surface area contributed by atoms with Crippen LogP contribution in [-0.2, 0) is 0 Å². The number of rotatable bonds is 3. The third kappa shape index (κ3) is 2.42. The number of aromatic nitrogens is 2. The highest BCUT2D eigenvalue weighted by Crippen LogP contribution is 2.25. The number of nitrogens with one attached hydrogen (secondary N) is 1. The number of H-pyrrole nitrogens is 1. The van der Waals surface area contributed by atoms with Crippen molar-refractivity contribution in [1.29, 1.82) is 0 Å². The molecule has 0 radical (unpaired) electrons. The molecule has 0 atom stereocenters. The molecule has 0 bridgehead atoms. The van der Waals surface area contributed by atoms with Crippen molar-refractivity contribution >= 4 is 32.7 Å². The van der Waals surface area contributed by atoms with E-state index in [-0.39, 0.29) is 5.56 Å². The van der Waals surface area contributed by atoms with Crippen molar-refractivity contribution < 1.29 is 13.9 Å². The van der Waals surface area contributed by atoms with Crippen LogP contribution in [0.25, 0.3) is 11.0 Å². The number of carbonyl (C=O) groups excluding carboxylic acids is 1. The summed E-state index contributed by atoms with van der Waals surface area (Å²) in [5.74, 6) is -0.574. The molecule has 4 nitrogen and oxygen atoms in total. The highest BCUT2D eigenvalue weighted by molar-refractivity contribution is 9.10. The molecule has 0 aliphatic rings. The van der Waals surface area contributed by atoms with Crippen LogP contribution in [0.3, 0.4) is 0 Å². The van der Waals surface area contributed by atoms with E-state index in [4.69, 9.17) is 4.74 Å². The quantitative estimate of drug-likeness (QED) is 0.734. The van der Waals surface area contributed by atoms with E-state index in [0.29, 0.717) is 22.3 Å². The number of carbonyl (C=O) groups is 1. The second-order valence-corrected chi connectivity index (χ2v) is 5.34. The molecule has 0 saturated carbocycles. The number of halogens is 2. The number of nitrogens with zero attached hydrogens (tertiary/aromatic N) is 1. The Kier molecular flexibility index (Phi) is 3.47. The van der Waals surface area contributed by atoms with Crippen molar-refractivity contribution in [3.8, 4) is 5.75 Å². The number of methoxy groups -OCH3 is 1. The van der Waals surface area contributed by atoms with Gasteiger partial charge in [-0.15, -0.1) is 0 Å². The summed E-state index contributed by atoms with van der Waals surface area (Å²) in [5.41, 5.74) is 0.908.